The Morgan fingerprint density at radius 2 is 2.10 bits per heavy atom. The molecule has 0 saturated heterocycles. The predicted octanol–water partition coefficient (Wildman–Crippen LogP) is 3.36. The second kappa shape index (κ2) is 5.50. The molecule has 5 heteroatoms. The number of benzene rings is 1. The molecule has 0 aliphatic heterocycles. The van der Waals surface area contributed by atoms with Gasteiger partial charge >= 0.3 is 0 Å². The van der Waals surface area contributed by atoms with Crippen molar-refractivity contribution >= 4 is 11.3 Å². The lowest BCUT2D eigenvalue weighted by molar-refractivity contribution is 0.0509. The Kier molecular flexibility index (Phi) is 4.11. The number of aromatic nitrogens is 1. The first-order valence-corrected chi connectivity index (χ1v) is 7.15. The first kappa shape index (κ1) is 14.9. The Morgan fingerprint density at radius 3 is 2.65 bits per heavy atom. The highest BCUT2D eigenvalue weighted by Gasteiger charge is 2.31. The molecule has 0 spiro atoms. The first-order valence-electron chi connectivity index (χ1n) is 6.33. The summed E-state index contributed by atoms with van der Waals surface area (Å²) in [4.78, 5) is 5.51. The molecule has 1 atom stereocenters. The first-order chi connectivity index (χ1) is 9.35. The van der Waals surface area contributed by atoms with Crippen LogP contribution in [0.25, 0.3) is 0 Å². The number of halogens is 1. The fourth-order valence-electron chi connectivity index (χ4n) is 2.19. The van der Waals surface area contributed by atoms with Gasteiger partial charge in [-0.2, -0.15) is 0 Å². The summed E-state index contributed by atoms with van der Waals surface area (Å²) in [7, 11) is 1.46. The number of aliphatic hydroxyl groups is 1. The van der Waals surface area contributed by atoms with Gasteiger partial charge in [-0.3, -0.25) is 0 Å². The Hall–Kier alpha value is -1.46. The molecular weight excluding hydrogens is 277 g/mol. The Bertz CT molecular complexity index is 603. The number of hydrogen-bond acceptors (Lipinski definition) is 4. The summed E-state index contributed by atoms with van der Waals surface area (Å²) in [6.07, 6.45) is 0.254. The largest absolute Gasteiger partial charge is 0.496 e. The molecule has 3 nitrogen and oxygen atoms in total. The third-order valence-electron chi connectivity index (χ3n) is 3.30. The minimum Gasteiger partial charge on any atom is -0.496 e. The van der Waals surface area contributed by atoms with Gasteiger partial charge in [0.1, 0.15) is 11.6 Å². The molecule has 1 N–H and O–H groups in total. The molecular formula is C15H18FNO2S. The van der Waals surface area contributed by atoms with Crippen molar-refractivity contribution in [2.75, 3.05) is 7.11 Å². The molecule has 2 rings (SSSR count). The molecule has 0 radical (unpaired) electrons. The number of rotatable bonds is 4. The molecule has 108 valence electrons. The van der Waals surface area contributed by atoms with Crippen molar-refractivity contribution in [3.05, 3.63) is 45.2 Å². The van der Waals surface area contributed by atoms with Gasteiger partial charge in [0.2, 0.25) is 0 Å². The van der Waals surface area contributed by atoms with E-state index in [1.165, 1.54) is 24.5 Å². The van der Waals surface area contributed by atoms with Crippen molar-refractivity contribution in [3.8, 4) is 5.75 Å². The van der Waals surface area contributed by atoms with Gasteiger partial charge in [0, 0.05) is 11.3 Å². The molecule has 1 heterocycles. The fraction of sp³-hybridized carbons (Fsp3) is 0.400. The molecule has 1 aromatic carbocycles. The second-order valence-corrected chi connectivity index (χ2v) is 6.30. The number of methoxy groups -OCH3 is 1. The molecule has 1 unspecified atom stereocenters. The molecule has 0 amide bonds. The van der Waals surface area contributed by atoms with Crippen LogP contribution in [0.5, 0.6) is 5.75 Å². The number of aryl methyl sites for hydroxylation is 2. The van der Waals surface area contributed by atoms with E-state index in [-0.39, 0.29) is 12.0 Å². The molecule has 0 fully saturated rings. The summed E-state index contributed by atoms with van der Waals surface area (Å²) < 4.78 is 19.2. The van der Waals surface area contributed by atoms with Crippen molar-refractivity contribution in [1.29, 1.82) is 0 Å². The van der Waals surface area contributed by atoms with E-state index in [0.717, 1.165) is 15.6 Å². The maximum Gasteiger partial charge on any atom is 0.133 e. The molecule has 0 bridgehead atoms. The van der Waals surface area contributed by atoms with Gasteiger partial charge < -0.3 is 9.84 Å². The van der Waals surface area contributed by atoms with Crippen LogP contribution >= 0.6 is 11.3 Å². The van der Waals surface area contributed by atoms with Crippen LogP contribution in [-0.2, 0) is 12.0 Å². The van der Waals surface area contributed by atoms with Crippen LogP contribution in [0, 0.1) is 19.7 Å². The van der Waals surface area contributed by atoms with Gasteiger partial charge in [0.25, 0.3) is 0 Å². The van der Waals surface area contributed by atoms with Gasteiger partial charge in [0.15, 0.2) is 0 Å². The topological polar surface area (TPSA) is 42.4 Å². The van der Waals surface area contributed by atoms with Crippen LogP contribution in [0.4, 0.5) is 4.39 Å². The third-order valence-corrected chi connectivity index (χ3v) is 4.37. The van der Waals surface area contributed by atoms with Crippen LogP contribution in [0.3, 0.4) is 0 Å². The van der Waals surface area contributed by atoms with Gasteiger partial charge in [0.05, 0.1) is 29.0 Å². The molecule has 0 aliphatic carbocycles. The Labute approximate surface area is 122 Å². The number of hydrogen-bond donors (Lipinski definition) is 1. The molecule has 0 aliphatic rings. The smallest absolute Gasteiger partial charge is 0.133 e. The van der Waals surface area contributed by atoms with Gasteiger partial charge in [-0.05, 0) is 32.9 Å². The zero-order valence-corrected chi connectivity index (χ0v) is 12.8. The van der Waals surface area contributed by atoms with E-state index in [1.54, 1.807) is 19.1 Å². The van der Waals surface area contributed by atoms with Crippen molar-refractivity contribution in [3.63, 3.8) is 0 Å². The molecule has 2 aromatic rings. The van der Waals surface area contributed by atoms with E-state index < -0.39 is 11.4 Å². The molecule has 20 heavy (non-hydrogen) atoms. The fourth-order valence-corrected chi connectivity index (χ4v) is 3.28. The van der Waals surface area contributed by atoms with E-state index in [4.69, 9.17) is 4.74 Å². The minimum absolute atomic E-state index is 0.174. The Morgan fingerprint density at radius 1 is 1.40 bits per heavy atom. The lowest BCUT2D eigenvalue weighted by atomic mass is 9.91. The van der Waals surface area contributed by atoms with Gasteiger partial charge in [-0.25, -0.2) is 9.37 Å². The van der Waals surface area contributed by atoms with Crippen LogP contribution in [0.1, 0.15) is 28.1 Å². The molecule has 0 saturated carbocycles. The van der Waals surface area contributed by atoms with Crippen LogP contribution in [0.2, 0.25) is 0 Å². The van der Waals surface area contributed by atoms with E-state index in [9.17, 15) is 9.50 Å². The third kappa shape index (κ3) is 2.83. The maximum atomic E-state index is 14.1. The monoisotopic (exact) mass is 295 g/mol. The Balaban J connectivity index is 2.39. The average molecular weight is 295 g/mol. The number of nitrogens with zero attached hydrogens (tertiary/aromatic N) is 1. The lowest BCUT2D eigenvalue weighted by Crippen LogP contribution is -2.26. The highest BCUT2D eigenvalue weighted by atomic mass is 32.1. The quantitative estimate of drug-likeness (QED) is 0.940. The highest BCUT2D eigenvalue weighted by Crippen LogP contribution is 2.35. The van der Waals surface area contributed by atoms with Crippen molar-refractivity contribution in [2.45, 2.75) is 32.8 Å². The van der Waals surface area contributed by atoms with Gasteiger partial charge in [-0.15, -0.1) is 11.3 Å². The zero-order valence-electron chi connectivity index (χ0n) is 12.0. The summed E-state index contributed by atoms with van der Waals surface area (Å²) in [6, 6.07) is 4.53. The lowest BCUT2D eigenvalue weighted by Gasteiger charge is -2.25. The summed E-state index contributed by atoms with van der Waals surface area (Å²) in [5.74, 6) is -0.126. The SMILES string of the molecule is COc1cccc(F)c1C(C)(O)Cc1nc(C)c(C)s1. The van der Waals surface area contributed by atoms with Crippen molar-refractivity contribution < 1.29 is 14.2 Å². The second-order valence-electron chi connectivity index (χ2n) is 5.02. The van der Waals surface area contributed by atoms with Crippen LogP contribution in [-0.4, -0.2) is 17.2 Å². The van der Waals surface area contributed by atoms with E-state index in [0.29, 0.717) is 5.75 Å². The summed E-state index contributed by atoms with van der Waals surface area (Å²) in [5.41, 5.74) is -0.248. The van der Waals surface area contributed by atoms with Crippen LogP contribution in [0.15, 0.2) is 18.2 Å². The number of thiazole rings is 1. The normalized spacial score (nSPS) is 14.1. The predicted molar refractivity (Wildman–Crippen MR) is 77.8 cm³/mol. The summed E-state index contributed by atoms with van der Waals surface area (Å²) >= 11 is 1.52. The maximum absolute atomic E-state index is 14.1. The van der Waals surface area contributed by atoms with Gasteiger partial charge in [-0.1, -0.05) is 6.07 Å². The average Bonchev–Trinajstić information content (AvgIpc) is 2.66. The standard InChI is InChI=1S/C15H18FNO2S/c1-9-10(2)20-13(17-9)8-15(3,18)14-11(16)6-5-7-12(14)19-4/h5-7,18H,8H2,1-4H3. The van der Waals surface area contributed by atoms with E-state index in [2.05, 4.69) is 4.98 Å². The van der Waals surface area contributed by atoms with Crippen molar-refractivity contribution in [2.24, 2.45) is 0 Å². The summed E-state index contributed by atoms with van der Waals surface area (Å²) in [6.45, 7) is 5.49. The highest BCUT2D eigenvalue weighted by molar-refractivity contribution is 7.11. The van der Waals surface area contributed by atoms with E-state index in [1.807, 2.05) is 13.8 Å². The van der Waals surface area contributed by atoms with Crippen molar-refractivity contribution in [1.82, 2.24) is 4.98 Å². The summed E-state index contributed by atoms with van der Waals surface area (Å²) in [5, 5.41) is 11.5. The number of ether oxygens (including phenoxy) is 1. The van der Waals surface area contributed by atoms with Crippen LogP contribution < -0.4 is 4.74 Å². The molecule has 1 aromatic heterocycles. The minimum atomic E-state index is -1.37. The van der Waals surface area contributed by atoms with E-state index >= 15 is 0 Å². The zero-order chi connectivity index (χ0) is 14.9.